The molecule has 0 aliphatic rings. The Morgan fingerprint density at radius 3 is 2.51 bits per heavy atom. The lowest BCUT2D eigenvalue weighted by atomic mass is 9.94. The van der Waals surface area contributed by atoms with Gasteiger partial charge in [0.05, 0.1) is 32.0 Å². The predicted molar refractivity (Wildman–Crippen MR) is 142 cm³/mol. The van der Waals surface area contributed by atoms with E-state index in [1.54, 1.807) is 43.3 Å². The Morgan fingerprint density at radius 1 is 1.08 bits per heavy atom. The van der Waals surface area contributed by atoms with Crippen LogP contribution in [0.5, 0.6) is 11.5 Å². The van der Waals surface area contributed by atoms with Gasteiger partial charge in [-0.1, -0.05) is 30.3 Å². The molecule has 0 aromatic heterocycles. The van der Waals surface area contributed by atoms with Crippen molar-refractivity contribution in [1.82, 2.24) is 5.32 Å². The van der Waals surface area contributed by atoms with Crippen LogP contribution in [0.15, 0.2) is 66.7 Å². The molecule has 0 saturated carbocycles. The second-order valence-electron chi connectivity index (χ2n) is 9.73. The number of halogens is 1. The maximum Gasteiger partial charge on any atom is 0.337 e. The van der Waals surface area contributed by atoms with Gasteiger partial charge >= 0.3 is 5.97 Å². The minimum Gasteiger partial charge on any atom is -0.465 e. The topological polar surface area (TPSA) is 77.0 Å². The van der Waals surface area contributed by atoms with E-state index in [9.17, 15) is 14.3 Å². The summed E-state index contributed by atoms with van der Waals surface area (Å²) in [5.41, 5.74) is 2.65. The molecule has 0 radical (unpaired) electrons. The first kappa shape index (κ1) is 28.3. The van der Waals surface area contributed by atoms with Crippen molar-refractivity contribution in [2.45, 2.75) is 45.3 Å². The monoisotopic (exact) mass is 509 g/mol. The number of carbonyl (C=O) groups is 1. The fraction of sp³-hybridized carbons (Fsp3) is 0.367. The molecule has 2 N–H and O–H groups in total. The Kier molecular flexibility index (Phi) is 10.2. The Labute approximate surface area is 218 Å². The van der Waals surface area contributed by atoms with E-state index in [1.807, 2.05) is 44.2 Å². The van der Waals surface area contributed by atoms with Crippen molar-refractivity contribution in [3.63, 3.8) is 0 Å². The summed E-state index contributed by atoms with van der Waals surface area (Å²) in [6, 6.07) is 19.7. The standard InChI is InChI=1S/C30H36FNO5/c1-21-9-10-22(17-27(21)31)18-30(2,3)32-19-25(33)20-36-16-15-23-7-5-6-8-28(23)37-26-13-11-24(12-14-26)29(34)35-4/h5-14,17,25,32-33H,15-16,18-20H2,1-4H3/t25-/m0/s1. The summed E-state index contributed by atoms with van der Waals surface area (Å²) in [6.07, 6.45) is 0.579. The Morgan fingerprint density at radius 2 is 1.81 bits per heavy atom. The van der Waals surface area contributed by atoms with Crippen LogP contribution in [-0.4, -0.2) is 49.6 Å². The van der Waals surface area contributed by atoms with E-state index in [4.69, 9.17) is 14.2 Å². The maximum absolute atomic E-state index is 13.9. The van der Waals surface area contributed by atoms with Gasteiger partial charge in [0.25, 0.3) is 0 Å². The molecular weight excluding hydrogens is 473 g/mol. The molecule has 3 aromatic carbocycles. The van der Waals surface area contributed by atoms with Gasteiger partial charge in [-0.3, -0.25) is 0 Å². The molecule has 0 heterocycles. The summed E-state index contributed by atoms with van der Waals surface area (Å²) in [7, 11) is 1.34. The Bertz CT molecular complexity index is 1160. The summed E-state index contributed by atoms with van der Waals surface area (Å²) < 4.78 is 30.3. The second kappa shape index (κ2) is 13.3. The zero-order valence-electron chi connectivity index (χ0n) is 21.9. The number of carbonyl (C=O) groups excluding carboxylic acids is 1. The van der Waals surface area contributed by atoms with Gasteiger partial charge in [-0.15, -0.1) is 0 Å². The van der Waals surface area contributed by atoms with Crippen molar-refractivity contribution in [3.05, 3.63) is 94.8 Å². The molecular formula is C30H36FNO5. The third kappa shape index (κ3) is 8.97. The maximum atomic E-state index is 13.9. The van der Waals surface area contributed by atoms with Crippen LogP contribution in [0.4, 0.5) is 4.39 Å². The van der Waals surface area contributed by atoms with Gasteiger partial charge in [-0.05, 0) is 86.7 Å². The van der Waals surface area contributed by atoms with Gasteiger partial charge in [-0.2, -0.15) is 0 Å². The highest BCUT2D eigenvalue weighted by Crippen LogP contribution is 2.26. The average molecular weight is 510 g/mol. The molecule has 0 bridgehead atoms. The highest BCUT2D eigenvalue weighted by molar-refractivity contribution is 5.89. The molecule has 198 valence electrons. The summed E-state index contributed by atoms with van der Waals surface area (Å²) in [5.74, 6) is 0.712. The fourth-order valence-corrected chi connectivity index (χ4v) is 3.89. The molecule has 37 heavy (non-hydrogen) atoms. The molecule has 0 amide bonds. The van der Waals surface area contributed by atoms with Crippen LogP contribution in [-0.2, 0) is 22.3 Å². The molecule has 0 unspecified atom stereocenters. The molecule has 0 saturated heterocycles. The first-order chi connectivity index (χ1) is 17.7. The number of para-hydroxylation sites is 1. The summed E-state index contributed by atoms with van der Waals surface area (Å²) in [6.45, 7) is 6.78. The minimum absolute atomic E-state index is 0.195. The number of rotatable bonds is 13. The largest absolute Gasteiger partial charge is 0.465 e. The zero-order chi connectivity index (χ0) is 26.8. The Hall–Kier alpha value is -3.26. The fourth-order valence-electron chi connectivity index (χ4n) is 3.89. The number of nitrogens with one attached hydrogen (secondary N) is 1. The normalized spacial score (nSPS) is 12.3. The van der Waals surface area contributed by atoms with E-state index in [0.717, 1.165) is 11.1 Å². The van der Waals surface area contributed by atoms with Crippen molar-refractivity contribution >= 4 is 5.97 Å². The third-order valence-corrected chi connectivity index (χ3v) is 6.00. The van der Waals surface area contributed by atoms with Crippen molar-refractivity contribution in [3.8, 4) is 11.5 Å². The van der Waals surface area contributed by atoms with E-state index < -0.39 is 12.1 Å². The van der Waals surface area contributed by atoms with Gasteiger partial charge in [0, 0.05) is 12.1 Å². The number of hydrogen-bond acceptors (Lipinski definition) is 6. The molecule has 3 aromatic rings. The van der Waals surface area contributed by atoms with Gasteiger partial charge in [-0.25, -0.2) is 9.18 Å². The second-order valence-corrected chi connectivity index (χ2v) is 9.73. The zero-order valence-corrected chi connectivity index (χ0v) is 21.9. The van der Waals surface area contributed by atoms with Crippen LogP contribution in [0.2, 0.25) is 0 Å². The van der Waals surface area contributed by atoms with Crippen LogP contribution >= 0.6 is 0 Å². The smallest absolute Gasteiger partial charge is 0.337 e. The van der Waals surface area contributed by atoms with Gasteiger partial charge < -0.3 is 24.6 Å². The molecule has 1 atom stereocenters. The summed E-state index contributed by atoms with van der Waals surface area (Å²) in [4.78, 5) is 11.6. The lowest BCUT2D eigenvalue weighted by molar-refractivity contribution is 0.0347. The van der Waals surface area contributed by atoms with Crippen molar-refractivity contribution in [1.29, 1.82) is 0 Å². The van der Waals surface area contributed by atoms with Crippen LogP contribution in [0.1, 0.15) is 40.9 Å². The SMILES string of the molecule is COC(=O)c1ccc(Oc2ccccc2CCOC[C@@H](O)CNC(C)(C)Cc2ccc(C)c(F)c2)cc1. The van der Waals surface area contributed by atoms with Crippen LogP contribution in [0, 0.1) is 12.7 Å². The number of benzene rings is 3. The van der Waals surface area contributed by atoms with E-state index in [1.165, 1.54) is 7.11 Å². The number of hydrogen-bond donors (Lipinski definition) is 2. The van der Waals surface area contributed by atoms with E-state index in [2.05, 4.69) is 5.32 Å². The lowest BCUT2D eigenvalue weighted by Crippen LogP contribution is -2.46. The van der Waals surface area contributed by atoms with Crippen molar-refractivity contribution < 1.29 is 28.5 Å². The first-order valence-electron chi connectivity index (χ1n) is 12.4. The van der Waals surface area contributed by atoms with Crippen LogP contribution in [0.25, 0.3) is 0 Å². The van der Waals surface area contributed by atoms with Gasteiger partial charge in [0.15, 0.2) is 0 Å². The molecule has 0 aliphatic carbocycles. The molecule has 0 fully saturated rings. The van der Waals surface area contributed by atoms with Crippen LogP contribution < -0.4 is 10.1 Å². The Balaban J connectivity index is 1.42. The molecule has 7 heteroatoms. The van der Waals surface area contributed by atoms with Gasteiger partial charge in [0.1, 0.15) is 17.3 Å². The quantitative estimate of drug-likeness (QED) is 0.242. The number of aliphatic hydroxyl groups excluding tert-OH is 1. The lowest BCUT2D eigenvalue weighted by Gasteiger charge is -2.28. The number of β-amino-alcohol motifs (C(OH)–C–C–N with tert-alkyl or cyclic N) is 1. The highest BCUT2D eigenvalue weighted by Gasteiger charge is 2.20. The first-order valence-corrected chi connectivity index (χ1v) is 12.4. The highest BCUT2D eigenvalue weighted by atomic mass is 19.1. The number of esters is 1. The van der Waals surface area contributed by atoms with Crippen molar-refractivity contribution in [2.24, 2.45) is 0 Å². The van der Waals surface area contributed by atoms with E-state index in [-0.39, 0.29) is 18.0 Å². The van der Waals surface area contributed by atoms with E-state index in [0.29, 0.717) is 48.6 Å². The molecule has 0 aliphatic heterocycles. The molecule has 6 nitrogen and oxygen atoms in total. The number of methoxy groups -OCH3 is 1. The summed E-state index contributed by atoms with van der Waals surface area (Å²) >= 11 is 0. The minimum atomic E-state index is -0.672. The molecule has 3 rings (SSSR count). The summed E-state index contributed by atoms with van der Waals surface area (Å²) in [5, 5.41) is 13.7. The number of aryl methyl sites for hydroxylation is 1. The third-order valence-electron chi connectivity index (χ3n) is 6.00. The van der Waals surface area contributed by atoms with E-state index >= 15 is 0 Å². The molecule has 0 spiro atoms. The van der Waals surface area contributed by atoms with Crippen molar-refractivity contribution in [2.75, 3.05) is 26.9 Å². The predicted octanol–water partition coefficient (Wildman–Crippen LogP) is 5.24. The number of ether oxygens (including phenoxy) is 3. The van der Waals surface area contributed by atoms with Crippen LogP contribution in [0.3, 0.4) is 0 Å². The van der Waals surface area contributed by atoms with Gasteiger partial charge in [0.2, 0.25) is 0 Å². The average Bonchev–Trinajstić information content (AvgIpc) is 2.88. The number of aliphatic hydroxyl groups is 1.